The predicted octanol–water partition coefficient (Wildman–Crippen LogP) is 4.42. The summed E-state index contributed by atoms with van der Waals surface area (Å²) >= 11 is 0. The van der Waals surface area contributed by atoms with Gasteiger partial charge in [-0.25, -0.2) is 0 Å². The first-order valence-corrected chi connectivity index (χ1v) is 7.65. The molecule has 0 saturated heterocycles. The quantitative estimate of drug-likeness (QED) is 0.759. The van der Waals surface area contributed by atoms with E-state index in [0.29, 0.717) is 6.04 Å². The van der Waals surface area contributed by atoms with Crippen molar-refractivity contribution < 1.29 is 4.74 Å². The Labute approximate surface area is 128 Å². The normalized spacial score (nSPS) is 12.1. The number of ether oxygens (including phenoxy) is 1. The van der Waals surface area contributed by atoms with E-state index in [1.165, 1.54) is 16.7 Å². The molecule has 0 aromatic heterocycles. The Hall–Kier alpha value is -1.80. The highest BCUT2D eigenvalue weighted by Gasteiger charge is 2.07. The van der Waals surface area contributed by atoms with Crippen LogP contribution < -0.4 is 10.1 Å². The fraction of sp³-hybridized carbons (Fsp3) is 0.368. The Morgan fingerprint density at radius 3 is 2.52 bits per heavy atom. The standard InChI is InChI=1S/C19H25NO/c1-15-10-11-19(16(2)14-15)17(3)20-12-7-13-21-18-8-5-4-6-9-18/h4-6,8-11,14,17,20H,7,12-13H2,1-3H3. The maximum Gasteiger partial charge on any atom is 0.119 e. The summed E-state index contributed by atoms with van der Waals surface area (Å²) in [6.07, 6.45) is 1.00. The van der Waals surface area contributed by atoms with Crippen LogP contribution >= 0.6 is 0 Å². The molecule has 0 amide bonds. The lowest BCUT2D eigenvalue weighted by Crippen LogP contribution is -2.22. The molecule has 0 aliphatic carbocycles. The molecule has 0 spiro atoms. The second-order valence-electron chi connectivity index (χ2n) is 5.55. The molecular formula is C19H25NO. The molecule has 0 fully saturated rings. The smallest absolute Gasteiger partial charge is 0.119 e. The van der Waals surface area contributed by atoms with E-state index < -0.39 is 0 Å². The zero-order valence-corrected chi connectivity index (χ0v) is 13.2. The number of aryl methyl sites for hydroxylation is 2. The van der Waals surface area contributed by atoms with Gasteiger partial charge in [0.05, 0.1) is 6.61 Å². The molecule has 0 bridgehead atoms. The van der Waals surface area contributed by atoms with Gasteiger partial charge in [-0.3, -0.25) is 0 Å². The zero-order valence-electron chi connectivity index (χ0n) is 13.2. The lowest BCUT2D eigenvalue weighted by atomic mass is 10.0. The van der Waals surface area contributed by atoms with Crippen LogP contribution in [0.1, 0.15) is 36.1 Å². The van der Waals surface area contributed by atoms with Crippen LogP contribution in [-0.4, -0.2) is 13.2 Å². The van der Waals surface area contributed by atoms with Gasteiger partial charge < -0.3 is 10.1 Å². The molecule has 2 aromatic carbocycles. The molecule has 2 heteroatoms. The molecule has 2 nitrogen and oxygen atoms in total. The molecule has 1 N–H and O–H groups in total. The maximum atomic E-state index is 5.69. The third kappa shape index (κ3) is 4.91. The predicted molar refractivity (Wildman–Crippen MR) is 88.9 cm³/mol. The lowest BCUT2D eigenvalue weighted by Gasteiger charge is -2.17. The Balaban J connectivity index is 1.71. The SMILES string of the molecule is Cc1ccc(C(C)NCCCOc2ccccc2)c(C)c1. The molecule has 0 aliphatic heterocycles. The van der Waals surface area contributed by atoms with E-state index in [-0.39, 0.29) is 0 Å². The van der Waals surface area contributed by atoms with Crippen LogP contribution in [0.25, 0.3) is 0 Å². The van der Waals surface area contributed by atoms with Crippen molar-refractivity contribution in [2.75, 3.05) is 13.2 Å². The topological polar surface area (TPSA) is 21.3 Å². The van der Waals surface area contributed by atoms with Crippen LogP contribution in [0.2, 0.25) is 0 Å². The zero-order chi connectivity index (χ0) is 15.1. The number of nitrogens with one attached hydrogen (secondary N) is 1. The van der Waals surface area contributed by atoms with Gasteiger partial charge in [-0.1, -0.05) is 42.0 Å². The van der Waals surface area contributed by atoms with E-state index in [9.17, 15) is 0 Å². The molecule has 0 saturated carbocycles. The monoisotopic (exact) mass is 283 g/mol. The summed E-state index contributed by atoms with van der Waals surface area (Å²) in [4.78, 5) is 0. The fourth-order valence-electron chi connectivity index (χ4n) is 2.52. The van der Waals surface area contributed by atoms with Gasteiger partial charge in [-0.05, 0) is 57.0 Å². The third-order valence-corrected chi connectivity index (χ3v) is 3.68. The van der Waals surface area contributed by atoms with E-state index in [1.807, 2.05) is 30.3 Å². The molecule has 0 heterocycles. The first-order valence-electron chi connectivity index (χ1n) is 7.65. The minimum atomic E-state index is 0.377. The van der Waals surface area contributed by atoms with E-state index >= 15 is 0 Å². The van der Waals surface area contributed by atoms with E-state index in [0.717, 1.165) is 25.3 Å². The molecule has 2 aromatic rings. The minimum absolute atomic E-state index is 0.377. The summed E-state index contributed by atoms with van der Waals surface area (Å²) in [7, 11) is 0. The van der Waals surface area contributed by atoms with Crippen molar-refractivity contribution in [3.63, 3.8) is 0 Å². The van der Waals surface area contributed by atoms with Crippen molar-refractivity contribution >= 4 is 0 Å². The van der Waals surface area contributed by atoms with Crippen molar-refractivity contribution in [3.05, 3.63) is 65.2 Å². The van der Waals surface area contributed by atoms with Gasteiger partial charge in [0.2, 0.25) is 0 Å². The van der Waals surface area contributed by atoms with Gasteiger partial charge in [-0.2, -0.15) is 0 Å². The van der Waals surface area contributed by atoms with Gasteiger partial charge >= 0.3 is 0 Å². The molecule has 2 rings (SSSR count). The van der Waals surface area contributed by atoms with Crippen molar-refractivity contribution in [3.8, 4) is 5.75 Å². The van der Waals surface area contributed by atoms with E-state index in [1.54, 1.807) is 0 Å². The largest absolute Gasteiger partial charge is 0.494 e. The number of hydrogen-bond donors (Lipinski definition) is 1. The van der Waals surface area contributed by atoms with Crippen molar-refractivity contribution in [2.45, 2.75) is 33.2 Å². The van der Waals surface area contributed by atoms with Crippen LogP contribution in [0.15, 0.2) is 48.5 Å². The van der Waals surface area contributed by atoms with Crippen LogP contribution in [-0.2, 0) is 0 Å². The van der Waals surface area contributed by atoms with Gasteiger partial charge in [0, 0.05) is 6.04 Å². The van der Waals surface area contributed by atoms with Crippen LogP contribution in [0.3, 0.4) is 0 Å². The lowest BCUT2D eigenvalue weighted by molar-refractivity contribution is 0.305. The maximum absolute atomic E-state index is 5.69. The summed E-state index contributed by atoms with van der Waals surface area (Å²) in [6.45, 7) is 8.24. The highest BCUT2D eigenvalue weighted by molar-refractivity contribution is 5.32. The van der Waals surface area contributed by atoms with Crippen molar-refractivity contribution in [2.24, 2.45) is 0 Å². The Morgan fingerprint density at radius 2 is 1.81 bits per heavy atom. The summed E-state index contributed by atoms with van der Waals surface area (Å²) < 4.78 is 5.69. The number of para-hydroxylation sites is 1. The average molecular weight is 283 g/mol. The average Bonchev–Trinajstić information content (AvgIpc) is 2.47. The Morgan fingerprint density at radius 1 is 1.05 bits per heavy atom. The number of rotatable bonds is 7. The fourth-order valence-corrected chi connectivity index (χ4v) is 2.52. The van der Waals surface area contributed by atoms with Gasteiger partial charge in [0.1, 0.15) is 5.75 Å². The number of hydrogen-bond acceptors (Lipinski definition) is 2. The van der Waals surface area contributed by atoms with E-state index in [4.69, 9.17) is 4.74 Å². The number of benzene rings is 2. The molecule has 1 unspecified atom stereocenters. The molecule has 1 atom stereocenters. The highest BCUT2D eigenvalue weighted by Crippen LogP contribution is 2.18. The molecule has 0 radical (unpaired) electrons. The first-order chi connectivity index (χ1) is 10.2. The van der Waals surface area contributed by atoms with Crippen LogP contribution in [0.5, 0.6) is 5.75 Å². The Kier molecular flexibility index (Phi) is 5.82. The summed E-state index contributed by atoms with van der Waals surface area (Å²) in [6, 6.07) is 17.0. The minimum Gasteiger partial charge on any atom is -0.494 e. The van der Waals surface area contributed by atoms with Crippen molar-refractivity contribution in [1.29, 1.82) is 0 Å². The summed E-state index contributed by atoms with van der Waals surface area (Å²) in [5, 5.41) is 3.57. The first kappa shape index (κ1) is 15.6. The summed E-state index contributed by atoms with van der Waals surface area (Å²) in [5.74, 6) is 0.944. The Bertz CT molecular complexity index is 551. The van der Waals surface area contributed by atoms with Crippen LogP contribution in [0, 0.1) is 13.8 Å². The van der Waals surface area contributed by atoms with Crippen molar-refractivity contribution in [1.82, 2.24) is 5.32 Å². The summed E-state index contributed by atoms with van der Waals surface area (Å²) in [5.41, 5.74) is 4.06. The molecule has 0 aliphatic rings. The second-order valence-corrected chi connectivity index (χ2v) is 5.55. The van der Waals surface area contributed by atoms with E-state index in [2.05, 4.69) is 44.3 Å². The molecule has 112 valence electrons. The van der Waals surface area contributed by atoms with Gasteiger partial charge in [0.25, 0.3) is 0 Å². The molecule has 21 heavy (non-hydrogen) atoms. The van der Waals surface area contributed by atoms with Crippen LogP contribution in [0.4, 0.5) is 0 Å². The molecular weight excluding hydrogens is 258 g/mol. The highest BCUT2D eigenvalue weighted by atomic mass is 16.5. The van der Waals surface area contributed by atoms with Gasteiger partial charge in [0.15, 0.2) is 0 Å². The van der Waals surface area contributed by atoms with Gasteiger partial charge in [-0.15, -0.1) is 0 Å². The third-order valence-electron chi connectivity index (χ3n) is 3.68. The second kappa shape index (κ2) is 7.84.